The molecule has 0 N–H and O–H groups in total. The number of rotatable bonds is 4. The molecule has 0 unspecified atom stereocenters. The molecule has 0 fully saturated rings. The molecule has 0 radical (unpaired) electrons. The number of carbonyl (C=O) groups is 1. The molecule has 21 heavy (non-hydrogen) atoms. The summed E-state index contributed by atoms with van der Waals surface area (Å²) in [6, 6.07) is 8.44. The van der Waals surface area contributed by atoms with Crippen LogP contribution < -0.4 is 5.56 Å². The molecule has 0 spiro atoms. The van der Waals surface area contributed by atoms with Crippen molar-refractivity contribution in [3.63, 3.8) is 0 Å². The number of ether oxygens (including phenoxy) is 1. The standard InChI is InChI=1S/C14H13ClN2O3S/c1-20-13(19)8-17-12(18)7-11(16-14(17)21-2)9-3-5-10(15)6-4-9/h3-7H,8H2,1-2H3. The molecule has 1 aromatic carbocycles. The van der Waals surface area contributed by atoms with Gasteiger partial charge >= 0.3 is 5.97 Å². The molecule has 0 aliphatic carbocycles. The summed E-state index contributed by atoms with van der Waals surface area (Å²) < 4.78 is 5.87. The number of esters is 1. The lowest BCUT2D eigenvalue weighted by molar-refractivity contribution is -0.141. The largest absolute Gasteiger partial charge is 0.468 e. The summed E-state index contributed by atoms with van der Waals surface area (Å²) in [6.45, 7) is -0.153. The Labute approximate surface area is 130 Å². The van der Waals surface area contributed by atoms with Crippen LogP contribution in [0.4, 0.5) is 0 Å². The van der Waals surface area contributed by atoms with E-state index in [0.717, 1.165) is 5.56 Å². The van der Waals surface area contributed by atoms with Crippen LogP contribution >= 0.6 is 23.4 Å². The minimum Gasteiger partial charge on any atom is -0.468 e. The smallest absolute Gasteiger partial charge is 0.325 e. The molecule has 0 aliphatic rings. The van der Waals surface area contributed by atoms with E-state index in [1.807, 2.05) is 0 Å². The summed E-state index contributed by atoms with van der Waals surface area (Å²) in [6.07, 6.45) is 1.79. The first-order valence-electron chi connectivity index (χ1n) is 6.03. The van der Waals surface area contributed by atoms with E-state index in [2.05, 4.69) is 9.72 Å². The highest BCUT2D eigenvalue weighted by atomic mass is 35.5. The first kappa shape index (κ1) is 15.6. The van der Waals surface area contributed by atoms with Crippen LogP contribution in [0.1, 0.15) is 0 Å². The normalized spacial score (nSPS) is 10.4. The molecule has 0 amide bonds. The Kier molecular flexibility index (Phi) is 5.03. The van der Waals surface area contributed by atoms with E-state index in [1.54, 1.807) is 30.5 Å². The quantitative estimate of drug-likeness (QED) is 0.491. The van der Waals surface area contributed by atoms with Gasteiger partial charge in [0.25, 0.3) is 5.56 Å². The van der Waals surface area contributed by atoms with Crippen molar-refractivity contribution < 1.29 is 9.53 Å². The molecular weight excluding hydrogens is 312 g/mol. The van der Waals surface area contributed by atoms with Gasteiger partial charge in [-0.25, -0.2) is 4.98 Å². The van der Waals surface area contributed by atoms with Crippen molar-refractivity contribution in [3.8, 4) is 11.3 Å². The third-order valence-corrected chi connectivity index (χ3v) is 3.74. The minimum atomic E-state index is -0.492. The van der Waals surface area contributed by atoms with Crippen LogP contribution in [0.2, 0.25) is 5.02 Å². The summed E-state index contributed by atoms with van der Waals surface area (Å²) in [4.78, 5) is 28.0. The van der Waals surface area contributed by atoms with Crippen molar-refractivity contribution >= 4 is 29.3 Å². The van der Waals surface area contributed by atoms with Gasteiger partial charge in [0.1, 0.15) is 6.54 Å². The van der Waals surface area contributed by atoms with Gasteiger partial charge in [-0.3, -0.25) is 14.2 Å². The summed E-state index contributed by atoms with van der Waals surface area (Å²) in [5.41, 5.74) is 1.03. The predicted molar refractivity (Wildman–Crippen MR) is 82.7 cm³/mol. The SMILES string of the molecule is COC(=O)Cn1c(SC)nc(-c2ccc(Cl)cc2)cc1=O. The number of aromatic nitrogens is 2. The molecule has 0 saturated heterocycles. The van der Waals surface area contributed by atoms with Crippen LogP contribution in [0.25, 0.3) is 11.3 Å². The van der Waals surface area contributed by atoms with Crippen LogP contribution in [0.3, 0.4) is 0 Å². The van der Waals surface area contributed by atoms with Crippen molar-refractivity contribution in [2.24, 2.45) is 0 Å². The molecule has 1 heterocycles. The van der Waals surface area contributed by atoms with E-state index in [1.165, 1.54) is 29.5 Å². The Hall–Kier alpha value is -1.79. The molecule has 2 rings (SSSR count). The van der Waals surface area contributed by atoms with Gasteiger partial charge in [0.2, 0.25) is 0 Å². The minimum absolute atomic E-state index is 0.153. The first-order valence-corrected chi connectivity index (χ1v) is 7.64. The van der Waals surface area contributed by atoms with Crippen LogP contribution in [0.15, 0.2) is 40.3 Å². The van der Waals surface area contributed by atoms with E-state index >= 15 is 0 Å². The fourth-order valence-electron chi connectivity index (χ4n) is 1.75. The number of methoxy groups -OCH3 is 1. The second-order valence-electron chi connectivity index (χ2n) is 4.14. The number of thioether (sulfide) groups is 1. The number of halogens is 1. The van der Waals surface area contributed by atoms with E-state index in [0.29, 0.717) is 15.9 Å². The monoisotopic (exact) mass is 324 g/mol. The molecule has 0 bridgehead atoms. The van der Waals surface area contributed by atoms with Gasteiger partial charge in [-0.15, -0.1) is 0 Å². The van der Waals surface area contributed by atoms with Crippen LogP contribution in [-0.2, 0) is 16.1 Å². The zero-order chi connectivity index (χ0) is 15.4. The Balaban J connectivity index is 2.47. The average Bonchev–Trinajstić information content (AvgIpc) is 2.49. The zero-order valence-electron chi connectivity index (χ0n) is 11.5. The van der Waals surface area contributed by atoms with Crippen molar-refractivity contribution in [2.75, 3.05) is 13.4 Å². The molecule has 1 aromatic heterocycles. The Bertz CT molecular complexity index is 713. The molecule has 0 saturated carbocycles. The third-order valence-electron chi connectivity index (χ3n) is 2.81. The van der Waals surface area contributed by atoms with Crippen LogP contribution in [-0.4, -0.2) is 28.9 Å². The van der Waals surface area contributed by atoms with Crippen molar-refractivity contribution in [1.29, 1.82) is 0 Å². The second kappa shape index (κ2) is 6.78. The Morgan fingerprint density at radius 2 is 2.05 bits per heavy atom. The summed E-state index contributed by atoms with van der Waals surface area (Å²) in [5.74, 6) is -0.492. The van der Waals surface area contributed by atoms with Gasteiger partial charge in [-0.1, -0.05) is 35.5 Å². The molecule has 7 heteroatoms. The molecule has 0 atom stereocenters. The molecule has 5 nitrogen and oxygen atoms in total. The maximum Gasteiger partial charge on any atom is 0.325 e. The van der Waals surface area contributed by atoms with Gasteiger partial charge in [0.05, 0.1) is 12.8 Å². The van der Waals surface area contributed by atoms with E-state index in [9.17, 15) is 9.59 Å². The number of carbonyl (C=O) groups excluding carboxylic acids is 1. The lowest BCUT2D eigenvalue weighted by Gasteiger charge is -2.10. The van der Waals surface area contributed by atoms with Gasteiger partial charge in [0, 0.05) is 16.7 Å². The first-order chi connectivity index (χ1) is 10.0. The lowest BCUT2D eigenvalue weighted by atomic mass is 10.1. The maximum absolute atomic E-state index is 12.2. The fourth-order valence-corrected chi connectivity index (χ4v) is 2.44. The van der Waals surface area contributed by atoms with E-state index in [4.69, 9.17) is 11.6 Å². The number of hydrogen-bond donors (Lipinski definition) is 0. The molecule has 110 valence electrons. The van der Waals surface area contributed by atoms with Crippen molar-refractivity contribution in [2.45, 2.75) is 11.7 Å². The highest BCUT2D eigenvalue weighted by Crippen LogP contribution is 2.21. The van der Waals surface area contributed by atoms with Gasteiger partial charge < -0.3 is 4.74 Å². The number of benzene rings is 1. The number of hydrogen-bond acceptors (Lipinski definition) is 5. The maximum atomic E-state index is 12.2. The second-order valence-corrected chi connectivity index (χ2v) is 5.35. The lowest BCUT2D eigenvalue weighted by Crippen LogP contribution is -2.27. The average molecular weight is 325 g/mol. The predicted octanol–water partition coefficient (Wildman–Crippen LogP) is 2.46. The van der Waals surface area contributed by atoms with Crippen LogP contribution in [0.5, 0.6) is 0 Å². The van der Waals surface area contributed by atoms with E-state index < -0.39 is 5.97 Å². The third kappa shape index (κ3) is 3.65. The van der Waals surface area contributed by atoms with Crippen molar-refractivity contribution in [3.05, 3.63) is 45.7 Å². The molecule has 2 aromatic rings. The van der Waals surface area contributed by atoms with E-state index in [-0.39, 0.29) is 12.1 Å². The summed E-state index contributed by atoms with van der Waals surface area (Å²) in [5, 5.41) is 1.07. The highest BCUT2D eigenvalue weighted by Gasteiger charge is 2.12. The van der Waals surface area contributed by atoms with Gasteiger partial charge in [-0.2, -0.15) is 0 Å². The molecule has 0 aliphatic heterocycles. The Morgan fingerprint density at radius 3 is 2.62 bits per heavy atom. The summed E-state index contributed by atoms with van der Waals surface area (Å²) >= 11 is 7.14. The van der Waals surface area contributed by atoms with Gasteiger partial charge in [-0.05, 0) is 18.4 Å². The van der Waals surface area contributed by atoms with Crippen LogP contribution in [0, 0.1) is 0 Å². The Morgan fingerprint density at radius 1 is 1.38 bits per heavy atom. The molecular formula is C14H13ClN2O3S. The van der Waals surface area contributed by atoms with Crippen molar-refractivity contribution in [1.82, 2.24) is 9.55 Å². The fraction of sp³-hybridized carbons (Fsp3) is 0.214. The number of nitrogens with zero attached hydrogens (tertiary/aromatic N) is 2. The highest BCUT2D eigenvalue weighted by molar-refractivity contribution is 7.98. The zero-order valence-corrected chi connectivity index (χ0v) is 13.1. The topological polar surface area (TPSA) is 61.2 Å². The summed E-state index contributed by atoms with van der Waals surface area (Å²) in [7, 11) is 1.28. The van der Waals surface area contributed by atoms with Gasteiger partial charge in [0.15, 0.2) is 5.16 Å².